The fourth-order valence-electron chi connectivity index (χ4n) is 3.16. The fourth-order valence-corrected chi connectivity index (χ4v) is 3.16. The third kappa shape index (κ3) is 4.67. The van der Waals surface area contributed by atoms with Crippen molar-refractivity contribution < 1.29 is 24.2 Å². The first-order valence-electron chi connectivity index (χ1n) is 8.67. The maximum atomic E-state index is 12.6. The van der Waals surface area contributed by atoms with E-state index in [9.17, 15) is 9.59 Å². The average Bonchev–Trinajstić information content (AvgIpc) is 3.10. The number of methoxy groups -OCH3 is 1. The largest absolute Gasteiger partial charge is 0.497 e. The van der Waals surface area contributed by atoms with Crippen LogP contribution >= 0.6 is 12.4 Å². The number of anilines is 2. The molecule has 0 saturated heterocycles. The highest BCUT2D eigenvalue weighted by molar-refractivity contribution is 5.89. The van der Waals surface area contributed by atoms with E-state index in [-0.39, 0.29) is 24.7 Å². The van der Waals surface area contributed by atoms with Gasteiger partial charge in [-0.25, -0.2) is 4.79 Å². The molecule has 1 unspecified atom stereocenters. The predicted molar refractivity (Wildman–Crippen MR) is 109 cm³/mol. The monoisotopic (exact) mass is 406 g/mol. The van der Waals surface area contributed by atoms with Gasteiger partial charge in [-0.2, -0.15) is 0 Å². The van der Waals surface area contributed by atoms with E-state index >= 15 is 0 Å². The lowest BCUT2D eigenvalue weighted by molar-refractivity contribution is -0.137. The smallest absolute Gasteiger partial charge is 0.419 e. The predicted octanol–water partition coefficient (Wildman–Crippen LogP) is 4.13. The first-order valence-corrected chi connectivity index (χ1v) is 8.67. The molecule has 0 fully saturated rings. The number of nitrogens with zero attached hydrogens (tertiary/aromatic N) is 1. The minimum atomic E-state index is -0.836. The van der Waals surface area contributed by atoms with Gasteiger partial charge in [0.25, 0.3) is 0 Å². The normalized spacial score (nSPS) is 14.3. The Hall–Kier alpha value is -2.93. The van der Waals surface area contributed by atoms with E-state index in [1.165, 1.54) is 4.90 Å². The molecule has 0 aromatic heterocycles. The Labute approximate surface area is 169 Å². The zero-order valence-electron chi connectivity index (χ0n) is 15.7. The van der Waals surface area contributed by atoms with Crippen molar-refractivity contribution >= 4 is 35.8 Å². The highest BCUT2D eigenvalue weighted by Crippen LogP contribution is 2.41. The van der Waals surface area contributed by atoms with Gasteiger partial charge in [0.1, 0.15) is 11.5 Å². The van der Waals surface area contributed by atoms with Crippen molar-refractivity contribution in [2.24, 2.45) is 0 Å². The Balaban J connectivity index is 0.00000280. The number of fused-ring (bicyclic) bond motifs is 1. The number of hydrogen-bond donors (Lipinski definition) is 2. The van der Waals surface area contributed by atoms with Crippen LogP contribution in [0.25, 0.3) is 0 Å². The summed E-state index contributed by atoms with van der Waals surface area (Å²) in [5, 5.41) is 12.2. The number of hydrogen-bond acceptors (Lipinski definition) is 5. The maximum absolute atomic E-state index is 12.6. The minimum absolute atomic E-state index is 0. The molecular formula is C20H23ClN2O5. The van der Waals surface area contributed by atoms with Gasteiger partial charge in [-0.05, 0) is 42.8 Å². The van der Waals surface area contributed by atoms with Gasteiger partial charge in [0.15, 0.2) is 0 Å². The molecule has 0 bridgehead atoms. The van der Waals surface area contributed by atoms with Gasteiger partial charge in [0.05, 0.1) is 7.11 Å². The molecule has 1 aliphatic heterocycles. The lowest BCUT2D eigenvalue weighted by Gasteiger charge is -2.19. The fraction of sp³-hybridized carbons (Fsp3) is 0.300. The summed E-state index contributed by atoms with van der Waals surface area (Å²) in [6.07, 6.45) is 0.0374. The van der Waals surface area contributed by atoms with Crippen molar-refractivity contribution in [3.8, 4) is 11.5 Å². The number of halogens is 1. The van der Waals surface area contributed by atoms with E-state index in [2.05, 4.69) is 5.32 Å². The molecule has 2 N–H and O–H groups in total. The molecule has 2 aromatic carbocycles. The number of nitrogens with one attached hydrogen (secondary N) is 1. The molecule has 0 aliphatic carbocycles. The lowest BCUT2D eigenvalue weighted by Crippen LogP contribution is -2.29. The Morgan fingerprint density at radius 3 is 2.57 bits per heavy atom. The van der Waals surface area contributed by atoms with Gasteiger partial charge < -0.3 is 19.9 Å². The van der Waals surface area contributed by atoms with Crippen molar-refractivity contribution in [1.82, 2.24) is 0 Å². The van der Waals surface area contributed by atoms with Crippen LogP contribution in [0.5, 0.6) is 11.5 Å². The number of carbonyl (C=O) groups excluding carboxylic acids is 1. The molecule has 3 rings (SSSR count). The van der Waals surface area contributed by atoms with Crippen LogP contribution in [0, 0.1) is 0 Å². The van der Waals surface area contributed by atoms with Crippen LogP contribution in [0.3, 0.4) is 0 Å². The Morgan fingerprint density at radius 2 is 1.93 bits per heavy atom. The first kappa shape index (κ1) is 21.4. The third-order valence-electron chi connectivity index (χ3n) is 4.65. The van der Waals surface area contributed by atoms with Crippen LogP contribution in [0.2, 0.25) is 0 Å². The van der Waals surface area contributed by atoms with Crippen LogP contribution in [-0.4, -0.2) is 37.9 Å². The summed E-state index contributed by atoms with van der Waals surface area (Å²) in [6.45, 7) is 0.630. The molecule has 7 nitrogen and oxygen atoms in total. The second kappa shape index (κ2) is 9.32. The van der Waals surface area contributed by atoms with Crippen molar-refractivity contribution in [1.29, 1.82) is 0 Å². The Kier molecular flexibility index (Phi) is 7.12. The van der Waals surface area contributed by atoms with Crippen molar-refractivity contribution in [2.75, 3.05) is 30.9 Å². The van der Waals surface area contributed by atoms with E-state index in [1.54, 1.807) is 50.6 Å². The second-order valence-corrected chi connectivity index (χ2v) is 6.35. The second-order valence-electron chi connectivity index (χ2n) is 6.35. The summed E-state index contributed by atoms with van der Waals surface area (Å²) in [4.78, 5) is 24.9. The number of aliphatic carboxylic acids is 1. The zero-order chi connectivity index (χ0) is 19.4. The molecule has 1 atom stereocenters. The number of ether oxygens (including phenoxy) is 2. The van der Waals surface area contributed by atoms with E-state index in [4.69, 9.17) is 14.6 Å². The molecule has 1 amide bonds. The van der Waals surface area contributed by atoms with Gasteiger partial charge >= 0.3 is 12.1 Å². The zero-order valence-corrected chi connectivity index (χ0v) is 16.5. The first-order chi connectivity index (χ1) is 13.0. The third-order valence-corrected chi connectivity index (χ3v) is 4.65. The van der Waals surface area contributed by atoms with Crippen molar-refractivity contribution in [2.45, 2.75) is 18.8 Å². The van der Waals surface area contributed by atoms with Crippen LogP contribution < -0.4 is 19.7 Å². The topological polar surface area (TPSA) is 88.1 Å². The van der Waals surface area contributed by atoms with Gasteiger partial charge in [0, 0.05) is 42.9 Å². The van der Waals surface area contributed by atoms with Crippen LogP contribution in [0.15, 0.2) is 42.5 Å². The van der Waals surface area contributed by atoms with Crippen molar-refractivity contribution in [3.05, 3.63) is 48.0 Å². The Morgan fingerprint density at radius 1 is 1.21 bits per heavy atom. The SMILES string of the molecule is COc1ccc(N(C)C(=O)Oc2cccc3c2C(CCC(=O)O)CN3)cc1.Cl. The molecule has 1 heterocycles. The number of benzene rings is 2. The summed E-state index contributed by atoms with van der Waals surface area (Å²) in [5.41, 5.74) is 2.41. The standard InChI is InChI=1S/C20H22N2O5.ClH/c1-22(14-7-9-15(26-2)10-8-14)20(25)27-17-5-3-4-16-19(17)13(12-21-16)6-11-18(23)24;/h3-5,7-10,13,21H,6,11-12H2,1-2H3,(H,23,24);1H. The Bertz CT molecular complexity index is 841. The summed E-state index contributed by atoms with van der Waals surface area (Å²) in [6, 6.07) is 12.5. The summed E-state index contributed by atoms with van der Waals surface area (Å²) in [5.74, 6) is 0.315. The number of rotatable bonds is 6. The van der Waals surface area contributed by atoms with E-state index in [1.807, 2.05) is 6.07 Å². The summed E-state index contributed by atoms with van der Waals surface area (Å²) in [7, 11) is 3.21. The molecular weight excluding hydrogens is 384 g/mol. The van der Waals surface area contributed by atoms with E-state index < -0.39 is 12.1 Å². The number of amides is 1. The highest BCUT2D eigenvalue weighted by atomic mass is 35.5. The van der Waals surface area contributed by atoms with Crippen molar-refractivity contribution in [3.63, 3.8) is 0 Å². The van der Waals surface area contributed by atoms with E-state index in [0.29, 0.717) is 30.2 Å². The highest BCUT2D eigenvalue weighted by Gasteiger charge is 2.28. The molecule has 150 valence electrons. The molecule has 28 heavy (non-hydrogen) atoms. The number of carboxylic acid groups (broad SMARTS) is 1. The summed E-state index contributed by atoms with van der Waals surface area (Å²) >= 11 is 0. The van der Waals surface area contributed by atoms with Crippen LogP contribution in [-0.2, 0) is 4.79 Å². The molecule has 8 heteroatoms. The molecule has 2 aromatic rings. The molecule has 0 spiro atoms. The quantitative estimate of drug-likeness (QED) is 0.750. The minimum Gasteiger partial charge on any atom is -0.497 e. The van der Waals surface area contributed by atoms with Gasteiger partial charge in [-0.15, -0.1) is 12.4 Å². The molecule has 0 saturated carbocycles. The maximum Gasteiger partial charge on any atom is 0.419 e. The number of carboxylic acids is 1. The average molecular weight is 407 g/mol. The molecule has 1 aliphatic rings. The van der Waals surface area contributed by atoms with E-state index in [0.717, 1.165) is 11.3 Å². The van der Waals surface area contributed by atoms with Gasteiger partial charge in [0.2, 0.25) is 0 Å². The van der Waals surface area contributed by atoms with Crippen LogP contribution in [0.4, 0.5) is 16.2 Å². The molecule has 0 radical (unpaired) electrons. The number of carbonyl (C=O) groups is 2. The summed E-state index contributed by atoms with van der Waals surface area (Å²) < 4.78 is 10.8. The van der Waals surface area contributed by atoms with Gasteiger partial charge in [-0.1, -0.05) is 6.07 Å². The van der Waals surface area contributed by atoms with Crippen LogP contribution in [0.1, 0.15) is 24.3 Å². The van der Waals surface area contributed by atoms with Gasteiger partial charge in [-0.3, -0.25) is 9.69 Å². The lowest BCUT2D eigenvalue weighted by atomic mass is 9.95.